The van der Waals surface area contributed by atoms with E-state index in [-0.39, 0.29) is 11.5 Å². The van der Waals surface area contributed by atoms with Crippen LogP contribution < -0.4 is 5.32 Å². The van der Waals surface area contributed by atoms with Gasteiger partial charge in [-0.05, 0) is 48.4 Å². The third kappa shape index (κ3) is 3.83. The van der Waals surface area contributed by atoms with Crippen LogP contribution in [-0.4, -0.2) is 16.3 Å². The van der Waals surface area contributed by atoms with Crippen molar-refractivity contribution in [1.29, 1.82) is 0 Å². The number of nitrogens with one attached hydrogen (secondary N) is 1. The Hall–Kier alpha value is -3.21. The number of anilines is 1. The SMILES string of the molecule is Cc1ccccc1NC(=O)C(=O)c1cccn1Cc1ccc(F)cc1. The largest absolute Gasteiger partial charge is 0.340 e. The summed E-state index contributed by atoms with van der Waals surface area (Å²) in [7, 11) is 0. The molecule has 126 valence electrons. The predicted octanol–water partition coefficient (Wildman–Crippen LogP) is 3.81. The monoisotopic (exact) mass is 336 g/mol. The third-order valence-electron chi connectivity index (χ3n) is 3.93. The van der Waals surface area contributed by atoms with Gasteiger partial charge in [0.2, 0.25) is 0 Å². The van der Waals surface area contributed by atoms with Gasteiger partial charge in [0, 0.05) is 18.4 Å². The lowest BCUT2D eigenvalue weighted by Crippen LogP contribution is -2.25. The Balaban J connectivity index is 1.77. The van der Waals surface area contributed by atoms with Crippen LogP contribution in [0.25, 0.3) is 0 Å². The summed E-state index contributed by atoms with van der Waals surface area (Å²) in [6, 6.07) is 16.6. The molecule has 3 rings (SSSR count). The number of ketones is 1. The molecule has 2 aromatic carbocycles. The van der Waals surface area contributed by atoms with Gasteiger partial charge in [-0.15, -0.1) is 0 Å². The molecule has 0 aliphatic heterocycles. The number of aromatic nitrogens is 1. The van der Waals surface area contributed by atoms with Crippen LogP contribution in [0.3, 0.4) is 0 Å². The van der Waals surface area contributed by atoms with Gasteiger partial charge < -0.3 is 9.88 Å². The third-order valence-corrected chi connectivity index (χ3v) is 3.93. The number of amides is 1. The summed E-state index contributed by atoms with van der Waals surface area (Å²) in [4.78, 5) is 24.8. The van der Waals surface area contributed by atoms with Gasteiger partial charge in [0.25, 0.3) is 11.7 Å². The Bertz CT molecular complexity index is 913. The number of aryl methyl sites for hydroxylation is 1. The van der Waals surface area contributed by atoms with Crippen LogP contribution in [0.4, 0.5) is 10.1 Å². The molecule has 0 fully saturated rings. The van der Waals surface area contributed by atoms with Gasteiger partial charge in [-0.3, -0.25) is 9.59 Å². The van der Waals surface area contributed by atoms with Gasteiger partial charge in [0.05, 0.1) is 5.69 Å². The Morgan fingerprint density at radius 1 is 1.00 bits per heavy atom. The van der Waals surface area contributed by atoms with E-state index < -0.39 is 11.7 Å². The van der Waals surface area contributed by atoms with E-state index in [0.29, 0.717) is 12.2 Å². The van der Waals surface area contributed by atoms with Crippen molar-refractivity contribution in [3.05, 3.63) is 89.5 Å². The zero-order valence-electron chi connectivity index (χ0n) is 13.7. The highest BCUT2D eigenvalue weighted by Crippen LogP contribution is 2.15. The highest BCUT2D eigenvalue weighted by molar-refractivity contribution is 6.46. The summed E-state index contributed by atoms with van der Waals surface area (Å²) in [6.07, 6.45) is 1.72. The predicted molar refractivity (Wildman–Crippen MR) is 94.1 cm³/mol. The fourth-order valence-corrected chi connectivity index (χ4v) is 2.55. The number of carbonyl (C=O) groups is 2. The first-order valence-corrected chi connectivity index (χ1v) is 7.85. The second-order valence-electron chi connectivity index (χ2n) is 5.75. The molecule has 0 bridgehead atoms. The first kappa shape index (κ1) is 16.6. The zero-order valence-corrected chi connectivity index (χ0v) is 13.7. The molecule has 4 nitrogen and oxygen atoms in total. The molecule has 0 saturated heterocycles. The smallest absolute Gasteiger partial charge is 0.298 e. The highest BCUT2D eigenvalue weighted by atomic mass is 19.1. The van der Waals surface area contributed by atoms with Crippen LogP contribution in [0.2, 0.25) is 0 Å². The quantitative estimate of drug-likeness (QED) is 0.569. The molecule has 1 heterocycles. The topological polar surface area (TPSA) is 51.1 Å². The fourth-order valence-electron chi connectivity index (χ4n) is 2.55. The summed E-state index contributed by atoms with van der Waals surface area (Å²) in [5.74, 6) is -1.62. The van der Waals surface area contributed by atoms with Crippen molar-refractivity contribution >= 4 is 17.4 Å². The number of hydrogen-bond acceptors (Lipinski definition) is 2. The highest BCUT2D eigenvalue weighted by Gasteiger charge is 2.20. The van der Waals surface area contributed by atoms with E-state index in [9.17, 15) is 14.0 Å². The molecule has 0 unspecified atom stereocenters. The Kier molecular flexibility index (Phi) is 4.75. The van der Waals surface area contributed by atoms with Crippen LogP contribution in [0.15, 0.2) is 66.9 Å². The molecule has 1 aromatic heterocycles. The van der Waals surface area contributed by atoms with Crippen molar-refractivity contribution in [2.45, 2.75) is 13.5 Å². The number of halogens is 1. The standard InChI is InChI=1S/C20H17FN2O2/c1-14-5-2-3-6-17(14)22-20(25)19(24)18-7-4-12-23(18)13-15-8-10-16(21)11-9-15/h2-12H,13H2,1H3,(H,22,25). The number of rotatable bonds is 5. The van der Waals surface area contributed by atoms with Crippen LogP contribution in [0.5, 0.6) is 0 Å². The van der Waals surface area contributed by atoms with Crippen LogP contribution in [-0.2, 0) is 11.3 Å². The second-order valence-corrected chi connectivity index (χ2v) is 5.75. The molecular formula is C20H17FN2O2. The lowest BCUT2D eigenvalue weighted by atomic mass is 10.2. The maximum atomic E-state index is 13.0. The van der Waals surface area contributed by atoms with Crippen LogP contribution in [0, 0.1) is 12.7 Å². The lowest BCUT2D eigenvalue weighted by molar-refractivity contribution is -0.112. The molecule has 25 heavy (non-hydrogen) atoms. The minimum absolute atomic E-state index is 0.287. The maximum Gasteiger partial charge on any atom is 0.298 e. The fraction of sp³-hybridized carbons (Fsp3) is 0.100. The van der Waals surface area contributed by atoms with Crippen LogP contribution in [0.1, 0.15) is 21.6 Å². The van der Waals surface area contributed by atoms with E-state index in [1.807, 2.05) is 19.1 Å². The van der Waals surface area contributed by atoms with Crippen molar-refractivity contribution < 1.29 is 14.0 Å². The van der Waals surface area contributed by atoms with Crippen molar-refractivity contribution in [1.82, 2.24) is 4.57 Å². The number of carbonyl (C=O) groups excluding carboxylic acids is 2. The van der Waals surface area contributed by atoms with Crippen molar-refractivity contribution in [2.75, 3.05) is 5.32 Å². The molecule has 3 aromatic rings. The number of Topliss-reactive ketones (excluding diaryl/α,β-unsaturated/α-hetero) is 1. The molecule has 0 atom stereocenters. The van der Waals surface area contributed by atoms with Gasteiger partial charge in [0.15, 0.2) is 0 Å². The molecule has 0 saturated carbocycles. The van der Waals surface area contributed by atoms with Gasteiger partial charge in [-0.1, -0.05) is 30.3 Å². The van der Waals surface area contributed by atoms with Gasteiger partial charge in [-0.2, -0.15) is 0 Å². The lowest BCUT2D eigenvalue weighted by Gasteiger charge is -2.10. The zero-order chi connectivity index (χ0) is 17.8. The van der Waals surface area contributed by atoms with Crippen LogP contribution >= 0.6 is 0 Å². The molecule has 0 aliphatic rings. The summed E-state index contributed by atoms with van der Waals surface area (Å²) in [6.45, 7) is 2.24. The molecule has 1 amide bonds. The molecule has 0 aliphatic carbocycles. The molecule has 1 N–H and O–H groups in total. The van der Waals surface area contributed by atoms with E-state index >= 15 is 0 Å². The van der Waals surface area contributed by atoms with Crippen molar-refractivity contribution in [3.8, 4) is 0 Å². The average Bonchev–Trinajstić information content (AvgIpc) is 3.06. The molecule has 5 heteroatoms. The average molecular weight is 336 g/mol. The van der Waals surface area contributed by atoms with Gasteiger partial charge in [0.1, 0.15) is 5.82 Å². The Morgan fingerprint density at radius 2 is 1.72 bits per heavy atom. The Labute approximate surface area is 144 Å². The minimum Gasteiger partial charge on any atom is -0.340 e. The number of benzene rings is 2. The summed E-state index contributed by atoms with van der Waals surface area (Å²) in [5.41, 5.74) is 2.62. The second kappa shape index (κ2) is 7.13. The number of hydrogen-bond donors (Lipinski definition) is 1. The van der Waals surface area contributed by atoms with Gasteiger partial charge >= 0.3 is 0 Å². The molecule has 0 radical (unpaired) electrons. The summed E-state index contributed by atoms with van der Waals surface area (Å²) in [5, 5.41) is 2.65. The molecule has 0 spiro atoms. The van der Waals surface area contributed by atoms with E-state index in [0.717, 1.165) is 11.1 Å². The summed E-state index contributed by atoms with van der Waals surface area (Å²) < 4.78 is 14.7. The van der Waals surface area contributed by atoms with E-state index in [4.69, 9.17) is 0 Å². The van der Waals surface area contributed by atoms with Crippen molar-refractivity contribution in [3.63, 3.8) is 0 Å². The van der Waals surface area contributed by atoms with Gasteiger partial charge in [-0.25, -0.2) is 4.39 Å². The Morgan fingerprint density at radius 3 is 2.44 bits per heavy atom. The minimum atomic E-state index is -0.687. The van der Waals surface area contributed by atoms with E-state index in [1.165, 1.54) is 12.1 Å². The number of para-hydroxylation sites is 1. The summed E-state index contributed by atoms with van der Waals surface area (Å²) >= 11 is 0. The normalized spacial score (nSPS) is 10.5. The maximum absolute atomic E-state index is 13.0. The van der Waals surface area contributed by atoms with E-state index in [1.54, 1.807) is 47.2 Å². The first-order valence-electron chi connectivity index (χ1n) is 7.85. The number of nitrogens with zero attached hydrogens (tertiary/aromatic N) is 1. The first-order chi connectivity index (χ1) is 12.0. The van der Waals surface area contributed by atoms with Crippen molar-refractivity contribution in [2.24, 2.45) is 0 Å². The van der Waals surface area contributed by atoms with E-state index in [2.05, 4.69) is 5.32 Å². The molecular weight excluding hydrogens is 319 g/mol.